The van der Waals surface area contributed by atoms with Gasteiger partial charge in [0.1, 0.15) is 10.6 Å². The van der Waals surface area contributed by atoms with Gasteiger partial charge < -0.3 is 16.0 Å². The zero-order valence-corrected chi connectivity index (χ0v) is 13.5. The molecule has 0 spiro atoms. The molecule has 2 aromatic heterocycles. The summed E-state index contributed by atoms with van der Waals surface area (Å²) in [5.41, 5.74) is 5.83. The lowest BCUT2D eigenvalue weighted by Crippen LogP contribution is -2.38. The summed E-state index contributed by atoms with van der Waals surface area (Å²) in [6, 6.07) is 2.48. The van der Waals surface area contributed by atoms with Gasteiger partial charge in [-0.15, -0.1) is 11.3 Å². The van der Waals surface area contributed by atoms with Crippen molar-refractivity contribution in [1.82, 2.24) is 14.9 Å². The summed E-state index contributed by atoms with van der Waals surface area (Å²) in [4.78, 5) is 13.4. The number of nitrogen functional groups attached to an aromatic ring is 1. The first kappa shape index (κ1) is 14.5. The van der Waals surface area contributed by atoms with Gasteiger partial charge in [-0.1, -0.05) is 6.42 Å². The Balaban J connectivity index is 1.74. The van der Waals surface area contributed by atoms with E-state index in [2.05, 4.69) is 40.1 Å². The van der Waals surface area contributed by atoms with Crippen LogP contribution in [0.25, 0.3) is 10.2 Å². The largest absolute Gasteiger partial charge is 0.368 e. The van der Waals surface area contributed by atoms with E-state index in [1.54, 1.807) is 11.3 Å². The first-order valence-electron chi connectivity index (χ1n) is 7.64. The third kappa shape index (κ3) is 3.44. The fourth-order valence-electron chi connectivity index (χ4n) is 2.98. The number of nitrogens with zero attached hydrogens (tertiary/aromatic N) is 3. The monoisotopic (exact) mass is 305 g/mol. The maximum Gasteiger partial charge on any atom is 0.223 e. The number of likely N-dealkylation sites (tertiary alicyclic amines) is 1. The second-order valence-corrected chi connectivity index (χ2v) is 7.15. The normalized spacial score (nSPS) is 18.0. The van der Waals surface area contributed by atoms with Crippen molar-refractivity contribution in [3.63, 3.8) is 0 Å². The van der Waals surface area contributed by atoms with E-state index in [1.165, 1.54) is 37.2 Å². The van der Waals surface area contributed by atoms with Crippen LogP contribution in [0.1, 0.15) is 31.1 Å². The number of thiophene rings is 1. The summed E-state index contributed by atoms with van der Waals surface area (Å²) < 4.78 is 0. The van der Waals surface area contributed by atoms with Crippen molar-refractivity contribution in [3.8, 4) is 0 Å². The Labute approximate surface area is 129 Å². The van der Waals surface area contributed by atoms with Crippen LogP contribution in [0.4, 0.5) is 11.8 Å². The molecular formula is C15H23N5S. The summed E-state index contributed by atoms with van der Waals surface area (Å²) in [5.74, 6) is 1.21. The molecule has 1 atom stereocenters. The highest BCUT2D eigenvalue weighted by atomic mass is 32.1. The fourth-order valence-corrected chi connectivity index (χ4v) is 3.86. The summed E-state index contributed by atoms with van der Waals surface area (Å²) in [7, 11) is 0. The van der Waals surface area contributed by atoms with E-state index >= 15 is 0 Å². The van der Waals surface area contributed by atoms with E-state index in [4.69, 9.17) is 5.73 Å². The van der Waals surface area contributed by atoms with Gasteiger partial charge in [-0.3, -0.25) is 0 Å². The SMILES string of the molecule is Cc1cc2c(NC(C)CN3CCCCC3)nc(N)nc2s1. The molecule has 0 amide bonds. The van der Waals surface area contributed by atoms with Gasteiger partial charge in [0.05, 0.1) is 5.39 Å². The topological polar surface area (TPSA) is 67.1 Å². The molecule has 1 unspecified atom stereocenters. The van der Waals surface area contributed by atoms with Crippen molar-refractivity contribution in [3.05, 3.63) is 10.9 Å². The quantitative estimate of drug-likeness (QED) is 0.909. The summed E-state index contributed by atoms with van der Waals surface area (Å²) >= 11 is 1.66. The number of hydrogen-bond donors (Lipinski definition) is 2. The van der Waals surface area contributed by atoms with Gasteiger partial charge in [0.25, 0.3) is 0 Å². The molecule has 1 aliphatic heterocycles. The molecule has 0 aliphatic carbocycles. The van der Waals surface area contributed by atoms with Crippen molar-refractivity contribution in [1.29, 1.82) is 0 Å². The first-order valence-corrected chi connectivity index (χ1v) is 8.46. The molecule has 1 saturated heterocycles. The molecule has 1 aliphatic rings. The third-order valence-corrected chi connectivity index (χ3v) is 4.84. The van der Waals surface area contributed by atoms with Crippen LogP contribution in [0, 0.1) is 6.92 Å². The summed E-state index contributed by atoms with van der Waals surface area (Å²) in [6.07, 6.45) is 4.01. The zero-order valence-electron chi connectivity index (χ0n) is 12.7. The Bertz CT molecular complexity index is 618. The predicted molar refractivity (Wildman–Crippen MR) is 89.9 cm³/mol. The predicted octanol–water partition coefficient (Wildman–Crippen LogP) is 2.87. The zero-order chi connectivity index (χ0) is 14.8. The lowest BCUT2D eigenvalue weighted by molar-refractivity contribution is 0.223. The minimum absolute atomic E-state index is 0.344. The number of anilines is 2. The molecule has 0 saturated carbocycles. The number of aromatic nitrogens is 2. The Morgan fingerprint density at radius 1 is 1.33 bits per heavy atom. The van der Waals surface area contributed by atoms with Crippen LogP contribution >= 0.6 is 11.3 Å². The Kier molecular flexibility index (Phi) is 4.26. The highest BCUT2D eigenvalue weighted by Crippen LogP contribution is 2.29. The van der Waals surface area contributed by atoms with Crippen LogP contribution in [-0.2, 0) is 0 Å². The molecule has 3 N–H and O–H groups in total. The second-order valence-electron chi connectivity index (χ2n) is 5.91. The molecule has 3 heterocycles. The average Bonchev–Trinajstić information content (AvgIpc) is 2.80. The van der Waals surface area contributed by atoms with Crippen molar-refractivity contribution >= 4 is 33.3 Å². The number of nitrogens with two attached hydrogens (primary N) is 1. The van der Waals surface area contributed by atoms with E-state index in [1.807, 2.05) is 0 Å². The smallest absolute Gasteiger partial charge is 0.223 e. The maximum atomic E-state index is 5.83. The minimum Gasteiger partial charge on any atom is -0.368 e. The van der Waals surface area contributed by atoms with Crippen LogP contribution in [-0.4, -0.2) is 40.5 Å². The van der Waals surface area contributed by atoms with Crippen LogP contribution in [0.2, 0.25) is 0 Å². The molecule has 1 fully saturated rings. The highest BCUT2D eigenvalue weighted by molar-refractivity contribution is 7.18. The number of rotatable bonds is 4. The molecule has 21 heavy (non-hydrogen) atoms. The van der Waals surface area contributed by atoms with Crippen LogP contribution in [0.3, 0.4) is 0 Å². The number of hydrogen-bond acceptors (Lipinski definition) is 6. The highest BCUT2D eigenvalue weighted by Gasteiger charge is 2.15. The van der Waals surface area contributed by atoms with Gasteiger partial charge in [0, 0.05) is 17.5 Å². The van der Waals surface area contributed by atoms with Gasteiger partial charge in [-0.05, 0) is 45.8 Å². The lowest BCUT2D eigenvalue weighted by Gasteiger charge is -2.29. The fraction of sp³-hybridized carbons (Fsp3) is 0.600. The second kappa shape index (κ2) is 6.15. The standard InChI is InChI=1S/C15H23N5S/c1-10(9-20-6-4-3-5-7-20)17-13-12-8-11(2)21-14(12)19-15(16)18-13/h8,10H,3-7,9H2,1-2H3,(H3,16,17,18,19). The summed E-state index contributed by atoms with van der Waals surface area (Å²) in [6.45, 7) is 7.77. The molecule has 0 radical (unpaired) electrons. The first-order chi connectivity index (χ1) is 10.1. The minimum atomic E-state index is 0.344. The molecule has 5 nitrogen and oxygen atoms in total. The van der Waals surface area contributed by atoms with E-state index in [-0.39, 0.29) is 0 Å². The molecular weight excluding hydrogens is 282 g/mol. The number of nitrogens with one attached hydrogen (secondary N) is 1. The number of aryl methyl sites for hydroxylation is 1. The Hall–Kier alpha value is -1.40. The van der Waals surface area contributed by atoms with Gasteiger partial charge >= 0.3 is 0 Å². The Morgan fingerprint density at radius 2 is 2.10 bits per heavy atom. The molecule has 0 aromatic carbocycles. The molecule has 3 rings (SSSR count). The van der Waals surface area contributed by atoms with Crippen molar-refractivity contribution < 1.29 is 0 Å². The van der Waals surface area contributed by atoms with Gasteiger partial charge in [0.2, 0.25) is 5.95 Å². The van der Waals surface area contributed by atoms with Gasteiger partial charge in [-0.2, -0.15) is 4.98 Å². The van der Waals surface area contributed by atoms with Crippen LogP contribution in [0.15, 0.2) is 6.07 Å². The van der Waals surface area contributed by atoms with Crippen LogP contribution in [0.5, 0.6) is 0 Å². The number of piperidine rings is 1. The molecule has 6 heteroatoms. The molecule has 2 aromatic rings. The van der Waals surface area contributed by atoms with Gasteiger partial charge in [0.15, 0.2) is 0 Å². The lowest BCUT2D eigenvalue weighted by atomic mass is 10.1. The maximum absolute atomic E-state index is 5.83. The molecule has 114 valence electrons. The van der Waals surface area contributed by atoms with Crippen LogP contribution < -0.4 is 11.1 Å². The summed E-state index contributed by atoms with van der Waals surface area (Å²) in [5, 5.41) is 4.60. The van der Waals surface area contributed by atoms with E-state index in [9.17, 15) is 0 Å². The average molecular weight is 305 g/mol. The number of fused-ring (bicyclic) bond motifs is 1. The van der Waals surface area contributed by atoms with Gasteiger partial charge in [-0.25, -0.2) is 4.98 Å². The Morgan fingerprint density at radius 3 is 2.86 bits per heavy atom. The van der Waals surface area contributed by atoms with Crippen molar-refractivity contribution in [2.75, 3.05) is 30.7 Å². The van der Waals surface area contributed by atoms with E-state index < -0.39 is 0 Å². The van der Waals surface area contributed by atoms with Crippen molar-refractivity contribution in [2.24, 2.45) is 0 Å². The third-order valence-electron chi connectivity index (χ3n) is 3.90. The van der Waals surface area contributed by atoms with E-state index in [0.717, 1.165) is 22.6 Å². The van der Waals surface area contributed by atoms with Crippen molar-refractivity contribution in [2.45, 2.75) is 39.2 Å². The molecule has 0 bridgehead atoms. The van der Waals surface area contributed by atoms with E-state index in [0.29, 0.717) is 12.0 Å².